The zero-order valence-corrected chi connectivity index (χ0v) is 8.03. The van der Waals surface area contributed by atoms with Gasteiger partial charge in [-0.25, -0.2) is 5.48 Å². The van der Waals surface area contributed by atoms with Crippen LogP contribution in [0.4, 0.5) is 0 Å². The molecule has 1 aromatic carbocycles. The van der Waals surface area contributed by atoms with Gasteiger partial charge in [-0.3, -0.25) is 9.63 Å². The van der Waals surface area contributed by atoms with Crippen molar-refractivity contribution in [1.82, 2.24) is 5.48 Å². The average molecular weight is 195 g/mol. The number of hydroxylamine groups is 1. The van der Waals surface area contributed by atoms with Gasteiger partial charge in [-0.15, -0.1) is 0 Å². The molecule has 0 spiro atoms. The van der Waals surface area contributed by atoms with Crippen LogP contribution in [0.15, 0.2) is 30.3 Å². The molecule has 0 saturated heterocycles. The Morgan fingerprint density at radius 1 is 1.29 bits per heavy atom. The predicted octanol–water partition coefficient (Wildman–Crippen LogP) is 0.994. The van der Waals surface area contributed by atoms with Crippen LogP contribution in [0.2, 0.25) is 0 Å². The van der Waals surface area contributed by atoms with Crippen molar-refractivity contribution in [2.24, 2.45) is 0 Å². The summed E-state index contributed by atoms with van der Waals surface area (Å²) in [7, 11) is 1.57. The van der Waals surface area contributed by atoms with E-state index in [1.807, 2.05) is 6.07 Å². The highest BCUT2D eigenvalue weighted by molar-refractivity contribution is 5.93. The first-order valence-electron chi connectivity index (χ1n) is 4.30. The second-order valence-electron chi connectivity index (χ2n) is 2.64. The lowest BCUT2D eigenvalue weighted by Gasteiger charge is -2.04. The summed E-state index contributed by atoms with van der Waals surface area (Å²) in [5, 5.41) is 0. The molecule has 0 bridgehead atoms. The highest BCUT2D eigenvalue weighted by Crippen LogP contribution is 1.97. The molecule has 4 nitrogen and oxygen atoms in total. The number of nitrogens with one attached hydrogen (secondary N) is 1. The van der Waals surface area contributed by atoms with Gasteiger partial charge in [0.15, 0.2) is 0 Å². The average Bonchev–Trinajstić information content (AvgIpc) is 2.25. The maximum absolute atomic E-state index is 11.3. The Kier molecular flexibility index (Phi) is 4.68. The van der Waals surface area contributed by atoms with E-state index in [1.165, 1.54) is 0 Å². The SMILES string of the molecule is COCCONC(=O)c1ccccc1. The molecule has 0 aromatic heterocycles. The smallest absolute Gasteiger partial charge is 0.274 e. The summed E-state index contributed by atoms with van der Waals surface area (Å²) in [6.07, 6.45) is 0. The molecule has 0 unspecified atom stereocenters. The summed E-state index contributed by atoms with van der Waals surface area (Å²) in [5.41, 5.74) is 2.89. The summed E-state index contributed by atoms with van der Waals surface area (Å²) in [6.45, 7) is 0.796. The predicted molar refractivity (Wildman–Crippen MR) is 51.7 cm³/mol. The molecule has 0 saturated carbocycles. The highest BCUT2D eigenvalue weighted by atomic mass is 16.7. The van der Waals surface area contributed by atoms with E-state index in [-0.39, 0.29) is 5.91 Å². The first-order valence-corrected chi connectivity index (χ1v) is 4.30. The number of carbonyl (C=O) groups excluding carboxylic acids is 1. The molecule has 4 heteroatoms. The van der Waals surface area contributed by atoms with Crippen molar-refractivity contribution in [2.45, 2.75) is 0 Å². The molecule has 0 heterocycles. The maximum atomic E-state index is 11.3. The lowest BCUT2D eigenvalue weighted by Crippen LogP contribution is -2.25. The van der Waals surface area contributed by atoms with Crippen molar-refractivity contribution < 1.29 is 14.4 Å². The quantitative estimate of drug-likeness (QED) is 0.563. The van der Waals surface area contributed by atoms with E-state index in [2.05, 4.69) is 5.48 Å². The third kappa shape index (κ3) is 3.55. The minimum absolute atomic E-state index is 0.248. The number of hydrogen-bond acceptors (Lipinski definition) is 3. The molecule has 0 fully saturated rings. The molecule has 0 radical (unpaired) electrons. The van der Waals surface area contributed by atoms with Crippen LogP contribution in [0.25, 0.3) is 0 Å². The van der Waals surface area contributed by atoms with E-state index in [1.54, 1.807) is 31.4 Å². The van der Waals surface area contributed by atoms with Crippen LogP contribution in [0, 0.1) is 0 Å². The molecule has 0 aliphatic rings. The van der Waals surface area contributed by atoms with E-state index in [0.717, 1.165) is 0 Å². The first kappa shape index (κ1) is 10.7. The third-order valence-corrected chi connectivity index (χ3v) is 1.59. The summed E-state index contributed by atoms with van der Waals surface area (Å²) in [5.74, 6) is -0.248. The zero-order valence-electron chi connectivity index (χ0n) is 8.03. The number of methoxy groups -OCH3 is 1. The lowest BCUT2D eigenvalue weighted by molar-refractivity contribution is 0.00889. The van der Waals surface area contributed by atoms with Gasteiger partial charge in [0.25, 0.3) is 5.91 Å². The molecule has 0 atom stereocenters. The highest BCUT2D eigenvalue weighted by Gasteiger charge is 2.02. The number of carbonyl (C=O) groups is 1. The monoisotopic (exact) mass is 195 g/mol. The van der Waals surface area contributed by atoms with Gasteiger partial charge in [0.05, 0.1) is 13.2 Å². The summed E-state index contributed by atoms with van der Waals surface area (Å²) in [6, 6.07) is 8.88. The van der Waals surface area contributed by atoms with E-state index in [0.29, 0.717) is 18.8 Å². The van der Waals surface area contributed by atoms with Crippen LogP contribution in [0.3, 0.4) is 0 Å². The van der Waals surface area contributed by atoms with Gasteiger partial charge in [0.1, 0.15) is 0 Å². The number of amides is 1. The molecule has 0 aliphatic heterocycles. The molecule has 14 heavy (non-hydrogen) atoms. The largest absolute Gasteiger partial charge is 0.382 e. The molecule has 1 amide bonds. The molecule has 1 aromatic rings. The second-order valence-corrected chi connectivity index (χ2v) is 2.64. The Balaban J connectivity index is 2.29. The first-order chi connectivity index (χ1) is 6.84. The van der Waals surface area contributed by atoms with E-state index >= 15 is 0 Å². The fourth-order valence-electron chi connectivity index (χ4n) is 0.890. The van der Waals surface area contributed by atoms with Crippen LogP contribution >= 0.6 is 0 Å². The van der Waals surface area contributed by atoms with Gasteiger partial charge in [-0.2, -0.15) is 0 Å². The van der Waals surface area contributed by atoms with E-state index < -0.39 is 0 Å². The Hall–Kier alpha value is -1.39. The van der Waals surface area contributed by atoms with Crippen molar-refractivity contribution >= 4 is 5.91 Å². The Bertz CT molecular complexity index is 274. The maximum Gasteiger partial charge on any atom is 0.274 e. The fraction of sp³-hybridized carbons (Fsp3) is 0.300. The molecular weight excluding hydrogens is 182 g/mol. The van der Waals surface area contributed by atoms with Crippen LogP contribution < -0.4 is 5.48 Å². The molecule has 0 aliphatic carbocycles. The minimum Gasteiger partial charge on any atom is -0.382 e. The van der Waals surface area contributed by atoms with Gasteiger partial charge in [0.2, 0.25) is 0 Å². The summed E-state index contributed by atoms with van der Waals surface area (Å²) in [4.78, 5) is 16.2. The normalized spacial score (nSPS) is 9.79. The molecular formula is C10H13NO3. The van der Waals surface area contributed by atoms with Crippen molar-refractivity contribution in [3.05, 3.63) is 35.9 Å². The van der Waals surface area contributed by atoms with Crippen molar-refractivity contribution in [3.8, 4) is 0 Å². The zero-order chi connectivity index (χ0) is 10.2. The number of rotatable bonds is 5. The molecule has 76 valence electrons. The Morgan fingerprint density at radius 3 is 2.64 bits per heavy atom. The van der Waals surface area contributed by atoms with E-state index in [4.69, 9.17) is 9.57 Å². The van der Waals surface area contributed by atoms with Crippen LogP contribution in [0.1, 0.15) is 10.4 Å². The molecule has 1 rings (SSSR count). The summed E-state index contributed by atoms with van der Waals surface area (Å²) < 4.78 is 4.75. The van der Waals surface area contributed by atoms with Crippen molar-refractivity contribution in [3.63, 3.8) is 0 Å². The molecule has 1 N–H and O–H groups in total. The van der Waals surface area contributed by atoms with Gasteiger partial charge in [-0.1, -0.05) is 18.2 Å². The van der Waals surface area contributed by atoms with Crippen LogP contribution in [-0.2, 0) is 9.57 Å². The fourth-order valence-corrected chi connectivity index (χ4v) is 0.890. The van der Waals surface area contributed by atoms with Crippen molar-refractivity contribution in [2.75, 3.05) is 20.3 Å². The standard InChI is InChI=1S/C10H13NO3/c1-13-7-8-14-11-10(12)9-5-3-2-4-6-9/h2-6H,7-8H2,1H3,(H,11,12). The Labute approximate surface area is 82.8 Å². The van der Waals surface area contributed by atoms with Gasteiger partial charge >= 0.3 is 0 Å². The topological polar surface area (TPSA) is 47.6 Å². The van der Waals surface area contributed by atoms with Crippen LogP contribution in [0.5, 0.6) is 0 Å². The second kappa shape index (κ2) is 6.12. The van der Waals surface area contributed by atoms with E-state index in [9.17, 15) is 4.79 Å². The van der Waals surface area contributed by atoms with Gasteiger partial charge in [-0.05, 0) is 12.1 Å². The van der Waals surface area contributed by atoms with Gasteiger partial charge in [0, 0.05) is 12.7 Å². The minimum atomic E-state index is -0.248. The van der Waals surface area contributed by atoms with Crippen LogP contribution in [-0.4, -0.2) is 26.2 Å². The lowest BCUT2D eigenvalue weighted by atomic mass is 10.2. The Morgan fingerprint density at radius 2 is 2.00 bits per heavy atom. The number of ether oxygens (including phenoxy) is 1. The number of hydrogen-bond donors (Lipinski definition) is 1. The summed E-state index contributed by atoms with van der Waals surface area (Å²) >= 11 is 0. The van der Waals surface area contributed by atoms with Gasteiger partial charge < -0.3 is 4.74 Å². The number of benzene rings is 1. The van der Waals surface area contributed by atoms with Crippen molar-refractivity contribution in [1.29, 1.82) is 0 Å². The third-order valence-electron chi connectivity index (χ3n) is 1.59.